The fourth-order valence-electron chi connectivity index (χ4n) is 2.39. The SMILES string of the molecule is Cc1ccc(C(=O)Cn2ccc3cc(C#N)ccc32)cc1. The van der Waals surface area contributed by atoms with Crippen LogP contribution in [0.5, 0.6) is 0 Å². The van der Waals surface area contributed by atoms with Crippen LogP contribution in [0, 0.1) is 18.3 Å². The number of benzene rings is 2. The molecule has 1 aromatic heterocycles. The van der Waals surface area contributed by atoms with Gasteiger partial charge in [-0.3, -0.25) is 4.79 Å². The van der Waals surface area contributed by atoms with E-state index in [2.05, 4.69) is 6.07 Å². The summed E-state index contributed by atoms with van der Waals surface area (Å²) in [5.41, 5.74) is 3.46. The van der Waals surface area contributed by atoms with Crippen molar-refractivity contribution in [3.63, 3.8) is 0 Å². The number of rotatable bonds is 3. The van der Waals surface area contributed by atoms with E-state index < -0.39 is 0 Å². The molecule has 3 rings (SSSR count). The molecule has 1 heterocycles. The van der Waals surface area contributed by atoms with E-state index in [4.69, 9.17) is 5.26 Å². The van der Waals surface area contributed by atoms with E-state index in [0.717, 1.165) is 22.0 Å². The van der Waals surface area contributed by atoms with Gasteiger partial charge in [-0.1, -0.05) is 29.8 Å². The predicted molar refractivity (Wildman–Crippen MR) is 82.2 cm³/mol. The van der Waals surface area contributed by atoms with Crippen LogP contribution in [0.3, 0.4) is 0 Å². The molecule has 0 aliphatic carbocycles. The van der Waals surface area contributed by atoms with Crippen LogP contribution in [0.4, 0.5) is 0 Å². The second kappa shape index (κ2) is 5.26. The van der Waals surface area contributed by atoms with Crippen molar-refractivity contribution >= 4 is 16.7 Å². The first-order valence-corrected chi connectivity index (χ1v) is 6.76. The first-order chi connectivity index (χ1) is 10.2. The topological polar surface area (TPSA) is 45.8 Å². The maximum atomic E-state index is 12.3. The van der Waals surface area contributed by atoms with Crippen molar-refractivity contribution in [3.8, 4) is 6.07 Å². The summed E-state index contributed by atoms with van der Waals surface area (Å²) in [5.74, 6) is 0.0804. The van der Waals surface area contributed by atoms with Crippen LogP contribution < -0.4 is 0 Å². The van der Waals surface area contributed by atoms with E-state index in [0.29, 0.717) is 12.1 Å². The molecule has 0 bridgehead atoms. The smallest absolute Gasteiger partial charge is 0.182 e. The Bertz CT molecular complexity index is 851. The largest absolute Gasteiger partial charge is 0.340 e. The van der Waals surface area contributed by atoms with Crippen molar-refractivity contribution in [3.05, 3.63) is 71.4 Å². The molecule has 0 unspecified atom stereocenters. The highest BCUT2D eigenvalue weighted by Gasteiger charge is 2.09. The van der Waals surface area contributed by atoms with Crippen molar-refractivity contribution in [2.24, 2.45) is 0 Å². The van der Waals surface area contributed by atoms with Crippen LogP contribution in [0.25, 0.3) is 10.9 Å². The molecule has 3 heteroatoms. The molecule has 0 fully saturated rings. The molecule has 0 radical (unpaired) electrons. The highest BCUT2D eigenvalue weighted by molar-refractivity contribution is 5.97. The number of hydrogen-bond donors (Lipinski definition) is 0. The molecule has 2 aromatic carbocycles. The first-order valence-electron chi connectivity index (χ1n) is 6.76. The third-order valence-corrected chi connectivity index (χ3v) is 3.59. The lowest BCUT2D eigenvalue weighted by molar-refractivity contribution is 0.0973. The molecule has 102 valence electrons. The van der Waals surface area contributed by atoms with Gasteiger partial charge in [0, 0.05) is 22.7 Å². The van der Waals surface area contributed by atoms with Crippen molar-refractivity contribution < 1.29 is 4.79 Å². The average Bonchev–Trinajstić information content (AvgIpc) is 2.90. The highest BCUT2D eigenvalue weighted by Crippen LogP contribution is 2.18. The van der Waals surface area contributed by atoms with Gasteiger partial charge < -0.3 is 4.57 Å². The van der Waals surface area contributed by atoms with Gasteiger partial charge >= 0.3 is 0 Å². The normalized spacial score (nSPS) is 10.5. The average molecular weight is 274 g/mol. The quantitative estimate of drug-likeness (QED) is 0.683. The van der Waals surface area contributed by atoms with Gasteiger partial charge in [-0.25, -0.2) is 0 Å². The molecule has 0 spiro atoms. The van der Waals surface area contributed by atoms with E-state index >= 15 is 0 Å². The van der Waals surface area contributed by atoms with Gasteiger partial charge in [0.25, 0.3) is 0 Å². The van der Waals surface area contributed by atoms with Gasteiger partial charge in [-0.15, -0.1) is 0 Å². The number of nitrogens with zero attached hydrogens (tertiary/aromatic N) is 2. The van der Waals surface area contributed by atoms with E-state index in [-0.39, 0.29) is 5.78 Å². The molecular weight excluding hydrogens is 260 g/mol. The Labute approximate surface area is 123 Å². The zero-order valence-corrected chi connectivity index (χ0v) is 11.7. The minimum atomic E-state index is 0.0804. The van der Waals surface area contributed by atoms with Crippen molar-refractivity contribution in [2.45, 2.75) is 13.5 Å². The molecule has 0 aliphatic heterocycles. The van der Waals surface area contributed by atoms with Crippen LogP contribution in [-0.2, 0) is 6.54 Å². The predicted octanol–water partition coefficient (Wildman–Crippen LogP) is 3.70. The van der Waals surface area contributed by atoms with Crippen LogP contribution in [0.15, 0.2) is 54.7 Å². The van der Waals surface area contributed by atoms with Crippen molar-refractivity contribution in [1.29, 1.82) is 5.26 Å². The monoisotopic (exact) mass is 274 g/mol. The molecule has 21 heavy (non-hydrogen) atoms. The zero-order chi connectivity index (χ0) is 14.8. The van der Waals surface area contributed by atoms with Gasteiger partial charge in [0.2, 0.25) is 0 Å². The number of aromatic nitrogens is 1. The van der Waals surface area contributed by atoms with E-state index in [1.807, 2.05) is 60.2 Å². The number of carbonyl (C=O) groups is 1. The summed E-state index contributed by atoms with van der Waals surface area (Å²) in [7, 11) is 0. The Morgan fingerprint density at radius 3 is 2.62 bits per heavy atom. The van der Waals surface area contributed by atoms with Gasteiger partial charge in [0.1, 0.15) is 0 Å². The molecule has 0 saturated heterocycles. The Kier molecular flexibility index (Phi) is 3.29. The number of aryl methyl sites for hydroxylation is 1. The second-order valence-corrected chi connectivity index (χ2v) is 5.12. The second-order valence-electron chi connectivity index (χ2n) is 5.12. The summed E-state index contributed by atoms with van der Waals surface area (Å²) in [4.78, 5) is 12.3. The standard InChI is InChI=1S/C18H14N2O/c1-13-2-5-15(6-3-13)18(21)12-20-9-8-16-10-14(11-19)4-7-17(16)20/h2-10H,12H2,1H3. The van der Waals surface area contributed by atoms with Gasteiger partial charge in [0.15, 0.2) is 5.78 Å². The van der Waals surface area contributed by atoms with Crippen molar-refractivity contribution in [2.75, 3.05) is 0 Å². The third kappa shape index (κ3) is 2.56. The number of nitriles is 1. The first kappa shape index (κ1) is 13.1. The molecule has 0 aliphatic rings. The van der Waals surface area contributed by atoms with E-state index in [1.54, 1.807) is 6.07 Å². The van der Waals surface area contributed by atoms with Crippen LogP contribution in [0.1, 0.15) is 21.5 Å². The van der Waals surface area contributed by atoms with Crippen molar-refractivity contribution in [1.82, 2.24) is 4.57 Å². The maximum absolute atomic E-state index is 12.3. The molecule has 0 atom stereocenters. The molecule has 0 saturated carbocycles. The van der Waals surface area contributed by atoms with Gasteiger partial charge in [0.05, 0.1) is 18.2 Å². The molecule has 0 amide bonds. The summed E-state index contributed by atoms with van der Waals surface area (Å²) >= 11 is 0. The van der Waals surface area contributed by atoms with Crippen LogP contribution in [0.2, 0.25) is 0 Å². The van der Waals surface area contributed by atoms with E-state index in [1.165, 1.54) is 0 Å². The number of Topliss-reactive ketones (excluding diaryl/α,β-unsaturated/α-hetero) is 1. The Morgan fingerprint density at radius 2 is 1.90 bits per heavy atom. The summed E-state index contributed by atoms with van der Waals surface area (Å²) < 4.78 is 1.92. The lowest BCUT2D eigenvalue weighted by Gasteiger charge is -2.05. The highest BCUT2D eigenvalue weighted by atomic mass is 16.1. The number of fused-ring (bicyclic) bond motifs is 1. The van der Waals surface area contributed by atoms with E-state index in [9.17, 15) is 4.79 Å². The van der Waals surface area contributed by atoms with Gasteiger partial charge in [-0.2, -0.15) is 5.26 Å². The van der Waals surface area contributed by atoms with Crippen LogP contribution in [-0.4, -0.2) is 10.4 Å². The lowest BCUT2D eigenvalue weighted by Crippen LogP contribution is -2.09. The fourth-order valence-corrected chi connectivity index (χ4v) is 2.39. The Hall–Kier alpha value is -2.86. The fraction of sp³-hybridized carbons (Fsp3) is 0.111. The van der Waals surface area contributed by atoms with Gasteiger partial charge in [-0.05, 0) is 31.2 Å². The molecule has 3 nitrogen and oxygen atoms in total. The zero-order valence-electron chi connectivity index (χ0n) is 11.7. The minimum Gasteiger partial charge on any atom is -0.340 e. The number of carbonyl (C=O) groups excluding carboxylic acids is 1. The summed E-state index contributed by atoms with van der Waals surface area (Å²) in [6.45, 7) is 2.30. The number of ketones is 1. The molecular formula is C18H14N2O. The summed E-state index contributed by atoms with van der Waals surface area (Å²) in [6, 6.07) is 17.2. The number of hydrogen-bond acceptors (Lipinski definition) is 2. The Morgan fingerprint density at radius 1 is 1.14 bits per heavy atom. The summed E-state index contributed by atoms with van der Waals surface area (Å²) in [5, 5.41) is 9.89. The summed E-state index contributed by atoms with van der Waals surface area (Å²) in [6.07, 6.45) is 1.89. The Balaban J connectivity index is 1.90. The minimum absolute atomic E-state index is 0.0804. The third-order valence-electron chi connectivity index (χ3n) is 3.59. The molecule has 3 aromatic rings. The van der Waals surface area contributed by atoms with Crippen LogP contribution >= 0.6 is 0 Å². The molecule has 0 N–H and O–H groups in total. The maximum Gasteiger partial charge on any atom is 0.182 e. The lowest BCUT2D eigenvalue weighted by atomic mass is 10.1.